The third-order valence-corrected chi connectivity index (χ3v) is 5.42. The number of benzene rings is 2. The Morgan fingerprint density at radius 2 is 1.56 bits per heavy atom. The van der Waals surface area contributed by atoms with Crippen molar-refractivity contribution in [3.8, 4) is 5.75 Å². The molecule has 1 fully saturated rings. The Morgan fingerprint density at radius 3 is 2.12 bits per heavy atom. The largest absolute Gasteiger partial charge is 0.508 e. The molecule has 0 saturated carbocycles. The maximum Gasteiger partial charge on any atom is 0.271 e. The molecule has 0 radical (unpaired) electrons. The summed E-state index contributed by atoms with van der Waals surface area (Å²) in [6.45, 7) is 3.36. The molecule has 1 aliphatic heterocycles. The highest BCUT2D eigenvalue weighted by Crippen LogP contribution is 2.39. The van der Waals surface area contributed by atoms with Gasteiger partial charge in [0.2, 0.25) is 0 Å². The maximum absolute atomic E-state index is 12.9. The van der Waals surface area contributed by atoms with Gasteiger partial charge in [-0.05, 0) is 61.4 Å². The molecular weight excluding hydrogens is 354 g/mol. The van der Waals surface area contributed by atoms with Crippen molar-refractivity contribution in [1.29, 1.82) is 0 Å². The van der Waals surface area contributed by atoms with Crippen molar-refractivity contribution in [3.05, 3.63) is 64.6 Å². The van der Waals surface area contributed by atoms with Crippen LogP contribution in [0.2, 0.25) is 0 Å². The quantitative estimate of drug-likeness (QED) is 0.494. The summed E-state index contributed by atoms with van der Waals surface area (Å²) < 4.78 is 0.453. The van der Waals surface area contributed by atoms with Crippen LogP contribution < -0.4 is 4.90 Å². The zero-order valence-corrected chi connectivity index (χ0v) is 15.3. The van der Waals surface area contributed by atoms with Crippen molar-refractivity contribution in [1.82, 2.24) is 0 Å². The molecule has 0 bridgehead atoms. The number of hydrogen-bond donors (Lipinski definition) is 1. The highest BCUT2D eigenvalue weighted by atomic mass is 32.2. The highest BCUT2D eigenvalue weighted by Gasteiger charge is 2.34. The van der Waals surface area contributed by atoms with E-state index in [1.54, 1.807) is 48.5 Å². The van der Waals surface area contributed by atoms with Gasteiger partial charge in [0.15, 0.2) is 10.1 Å². The van der Waals surface area contributed by atoms with Gasteiger partial charge in [0.05, 0.1) is 10.6 Å². The number of ketones is 1. The third kappa shape index (κ3) is 3.36. The van der Waals surface area contributed by atoms with Crippen LogP contribution in [-0.2, 0) is 4.79 Å². The average Bonchev–Trinajstić information content (AvgIpc) is 2.89. The van der Waals surface area contributed by atoms with Crippen molar-refractivity contribution < 1.29 is 14.7 Å². The first-order chi connectivity index (χ1) is 11.9. The molecule has 1 heterocycles. The van der Waals surface area contributed by atoms with E-state index in [1.165, 1.54) is 23.6 Å². The Hall–Kier alpha value is -2.44. The number of thioether (sulfide) groups is 1. The normalized spacial score (nSPS) is 16.3. The van der Waals surface area contributed by atoms with Crippen LogP contribution in [0.25, 0.3) is 5.57 Å². The molecule has 0 aliphatic carbocycles. The summed E-state index contributed by atoms with van der Waals surface area (Å²) in [5.74, 6) is -0.0363. The van der Waals surface area contributed by atoms with Gasteiger partial charge in [0.25, 0.3) is 5.91 Å². The van der Waals surface area contributed by atoms with Gasteiger partial charge in [-0.3, -0.25) is 14.5 Å². The van der Waals surface area contributed by atoms with Gasteiger partial charge in [0, 0.05) is 5.56 Å². The minimum atomic E-state index is -0.184. The van der Waals surface area contributed by atoms with Crippen LogP contribution in [-0.4, -0.2) is 21.1 Å². The van der Waals surface area contributed by atoms with Crippen molar-refractivity contribution >= 4 is 51.3 Å². The second kappa shape index (κ2) is 6.82. The summed E-state index contributed by atoms with van der Waals surface area (Å²) >= 11 is 6.63. The van der Waals surface area contributed by atoms with E-state index in [-0.39, 0.29) is 17.4 Å². The monoisotopic (exact) mass is 369 g/mol. The number of amides is 1. The van der Waals surface area contributed by atoms with Crippen LogP contribution >= 0.6 is 24.0 Å². The molecule has 0 spiro atoms. The number of nitrogens with zero attached hydrogens (tertiary/aromatic N) is 1. The lowest BCUT2D eigenvalue weighted by molar-refractivity contribution is -0.113. The molecule has 1 N–H and O–H groups in total. The van der Waals surface area contributed by atoms with E-state index in [9.17, 15) is 14.7 Å². The topological polar surface area (TPSA) is 57.6 Å². The third-order valence-electron chi connectivity index (χ3n) is 3.94. The molecule has 0 unspecified atom stereocenters. The number of Topliss-reactive ketones (excluding diaryl/α,β-unsaturated/α-hetero) is 1. The number of allylic oxidation sites excluding steroid dienone is 1. The van der Waals surface area contributed by atoms with Crippen LogP contribution in [0.15, 0.2) is 53.4 Å². The number of carbonyl (C=O) groups excluding carboxylic acids is 2. The van der Waals surface area contributed by atoms with Gasteiger partial charge in [-0.25, -0.2) is 0 Å². The number of hydrogen-bond acceptors (Lipinski definition) is 5. The lowest BCUT2D eigenvalue weighted by Crippen LogP contribution is -2.27. The zero-order valence-electron chi connectivity index (χ0n) is 13.6. The molecule has 1 saturated heterocycles. The smallest absolute Gasteiger partial charge is 0.271 e. The van der Waals surface area contributed by atoms with E-state index in [4.69, 9.17) is 12.2 Å². The lowest BCUT2D eigenvalue weighted by Gasteiger charge is -2.15. The molecule has 0 atom stereocenters. The fourth-order valence-electron chi connectivity index (χ4n) is 2.51. The van der Waals surface area contributed by atoms with Gasteiger partial charge < -0.3 is 5.11 Å². The minimum absolute atomic E-state index is 0.0278. The van der Waals surface area contributed by atoms with Gasteiger partial charge in [-0.15, -0.1) is 0 Å². The van der Waals surface area contributed by atoms with Crippen molar-refractivity contribution in [2.45, 2.75) is 13.8 Å². The van der Waals surface area contributed by atoms with Gasteiger partial charge in [0.1, 0.15) is 5.75 Å². The maximum atomic E-state index is 12.9. The molecule has 2 aromatic rings. The number of carbonyl (C=O) groups is 2. The predicted molar refractivity (Wildman–Crippen MR) is 105 cm³/mol. The molecule has 3 rings (SSSR count). The van der Waals surface area contributed by atoms with Crippen molar-refractivity contribution in [2.75, 3.05) is 4.90 Å². The summed E-state index contributed by atoms with van der Waals surface area (Å²) in [7, 11) is 0. The fraction of sp³-hybridized carbons (Fsp3) is 0.105. The Morgan fingerprint density at radius 1 is 1.00 bits per heavy atom. The molecule has 1 amide bonds. The molecular formula is C19H15NO3S2. The molecule has 2 aromatic carbocycles. The van der Waals surface area contributed by atoms with Crippen LogP contribution in [0.5, 0.6) is 5.75 Å². The predicted octanol–water partition coefficient (Wildman–Crippen LogP) is 4.39. The second-order valence-electron chi connectivity index (χ2n) is 5.61. The Balaban J connectivity index is 1.95. The van der Waals surface area contributed by atoms with Crippen LogP contribution in [0.1, 0.15) is 29.8 Å². The Labute approximate surface area is 155 Å². The molecule has 1 aliphatic rings. The molecule has 6 heteroatoms. The Bertz CT molecular complexity index is 899. The van der Waals surface area contributed by atoms with Crippen molar-refractivity contribution in [3.63, 3.8) is 0 Å². The van der Waals surface area contributed by atoms with E-state index in [0.29, 0.717) is 20.5 Å². The summed E-state index contributed by atoms with van der Waals surface area (Å²) in [5.41, 5.74) is 2.89. The number of phenols is 1. The molecule has 25 heavy (non-hydrogen) atoms. The van der Waals surface area contributed by atoms with Crippen LogP contribution in [0.4, 0.5) is 5.69 Å². The SMILES string of the molecule is CC(=O)c1ccc(N2C(=O)/C(=C(\C)c3ccc(O)cc3)SC2=S)cc1. The van der Waals surface area contributed by atoms with Gasteiger partial charge in [-0.1, -0.05) is 36.1 Å². The van der Waals surface area contributed by atoms with Crippen molar-refractivity contribution in [2.24, 2.45) is 0 Å². The second-order valence-corrected chi connectivity index (χ2v) is 7.26. The zero-order chi connectivity index (χ0) is 18.1. The molecule has 0 aromatic heterocycles. The number of phenolic OH excluding ortho intramolecular Hbond substituents is 1. The molecule has 126 valence electrons. The summed E-state index contributed by atoms with van der Waals surface area (Å²) in [5, 5.41) is 9.41. The number of thiocarbonyl (C=S) groups is 1. The van der Waals surface area contributed by atoms with Gasteiger partial charge >= 0.3 is 0 Å². The van der Waals surface area contributed by atoms with E-state index >= 15 is 0 Å². The summed E-state index contributed by atoms with van der Waals surface area (Å²) in [4.78, 5) is 26.3. The molecule has 4 nitrogen and oxygen atoms in total. The number of aromatic hydroxyl groups is 1. The van der Waals surface area contributed by atoms with E-state index in [0.717, 1.165) is 11.1 Å². The minimum Gasteiger partial charge on any atom is -0.508 e. The van der Waals surface area contributed by atoms with Crippen LogP contribution in [0.3, 0.4) is 0 Å². The standard InChI is InChI=1S/C19H15NO3S2/c1-11(13-5-9-16(22)10-6-13)17-18(23)20(19(24)25-17)15-7-3-14(4-8-15)12(2)21/h3-10,22H,1-2H3/b17-11-. The summed E-state index contributed by atoms with van der Waals surface area (Å²) in [6, 6.07) is 13.5. The van der Waals surface area contributed by atoms with E-state index in [1.807, 2.05) is 6.92 Å². The van der Waals surface area contributed by atoms with E-state index in [2.05, 4.69) is 0 Å². The Kier molecular flexibility index (Phi) is 4.74. The van der Waals surface area contributed by atoms with Gasteiger partial charge in [-0.2, -0.15) is 0 Å². The fourth-order valence-corrected chi connectivity index (χ4v) is 3.85. The van der Waals surface area contributed by atoms with Crippen LogP contribution in [0, 0.1) is 0 Å². The number of rotatable bonds is 3. The first-order valence-electron chi connectivity index (χ1n) is 7.56. The number of anilines is 1. The first kappa shape index (κ1) is 17.4. The average molecular weight is 369 g/mol. The first-order valence-corrected chi connectivity index (χ1v) is 8.78. The van der Waals surface area contributed by atoms with E-state index < -0.39 is 0 Å². The lowest BCUT2D eigenvalue weighted by atomic mass is 10.1. The summed E-state index contributed by atoms with van der Waals surface area (Å²) in [6.07, 6.45) is 0. The highest BCUT2D eigenvalue weighted by molar-refractivity contribution is 8.27.